The average Bonchev–Trinajstić information content (AvgIpc) is 2.51. The summed E-state index contributed by atoms with van der Waals surface area (Å²) in [5.74, 6) is 0. The maximum atomic E-state index is 5.27. The van der Waals surface area contributed by atoms with Crippen molar-refractivity contribution in [2.75, 3.05) is 26.9 Å². The van der Waals surface area contributed by atoms with E-state index in [1.807, 2.05) is 13.1 Å². The molecular weight excluding hydrogens is 170 g/mol. The van der Waals surface area contributed by atoms with Gasteiger partial charge in [-0.15, -0.1) is 5.10 Å². The number of aromatic nitrogens is 3. The predicted octanol–water partition coefficient (Wildman–Crippen LogP) is 0.250. The Bertz CT molecular complexity index is 237. The van der Waals surface area contributed by atoms with Crippen molar-refractivity contribution in [3.63, 3.8) is 0 Å². The summed E-state index contributed by atoms with van der Waals surface area (Å²) in [5.41, 5.74) is 0.928. The van der Waals surface area contributed by atoms with E-state index in [2.05, 4.69) is 10.3 Å². The van der Waals surface area contributed by atoms with Gasteiger partial charge in [-0.3, -0.25) is 0 Å². The zero-order valence-electron chi connectivity index (χ0n) is 8.06. The van der Waals surface area contributed by atoms with E-state index in [-0.39, 0.29) is 0 Å². The Labute approximate surface area is 77.6 Å². The Kier molecular flexibility index (Phi) is 4.42. The lowest BCUT2D eigenvalue weighted by Gasteiger charge is -2.02. The van der Waals surface area contributed by atoms with Gasteiger partial charge in [0.2, 0.25) is 0 Å². The molecule has 1 aromatic rings. The van der Waals surface area contributed by atoms with E-state index in [9.17, 15) is 0 Å². The van der Waals surface area contributed by atoms with Gasteiger partial charge in [-0.1, -0.05) is 5.21 Å². The molecule has 0 radical (unpaired) electrons. The van der Waals surface area contributed by atoms with Crippen LogP contribution in [0.15, 0.2) is 6.20 Å². The van der Waals surface area contributed by atoms with Crippen molar-refractivity contribution in [2.24, 2.45) is 0 Å². The van der Waals surface area contributed by atoms with E-state index >= 15 is 0 Å². The number of hydrogen-bond acceptors (Lipinski definition) is 4. The van der Waals surface area contributed by atoms with Crippen LogP contribution in [0.2, 0.25) is 0 Å². The molecule has 1 heterocycles. The number of rotatable bonds is 6. The highest BCUT2D eigenvalue weighted by atomic mass is 16.5. The number of nitrogens with zero attached hydrogens (tertiary/aromatic N) is 3. The summed E-state index contributed by atoms with van der Waals surface area (Å²) in [6, 6.07) is 0. The summed E-state index contributed by atoms with van der Waals surface area (Å²) in [7, 11) is 1.66. The van der Waals surface area contributed by atoms with Crippen molar-refractivity contribution in [2.45, 2.75) is 13.5 Å². The van der Waals surface area contributed by atoms with Crippen molar-refractivity contribution in [1.82, 2.24) is 15.0 Å². The predicted molar refractivity (Wildman–Crippen MR) is 47.5 cm³/mol. The first-order valence-electron chi connectivity index (χ1n) is 4.26. The van der Waals surface area contributed by atoms with Gasteiger partial charge in [-0.2, -0.15) is 0 Å². The molecule has 5 nitrogen and oxygen atoms in total. The summed E-state index contributed by atoms with van der Waals surface area (Å²) >= 11 is 0. The molecule has 0 aliphatic carbocycles. The molecule has 0 unspecified atom stereocenters. The smallest absolute Gasteiger partial charge is 0.0796 e. The third-order valence-electron chi connectivity index (χ3n) is 1.55. The number of aryl methyl sites for hydroxylation is 1. The van der Waals surface area contributed by atoms with Gasteiger partial charge in [0.05, 0.1) is 32.1 Å². The Hall–Kier alpha value is -0.940. The molecule has 0 fully saturated rings. The van der Waals surface area contributed by atoms with Gasteiger partial charge in [0.15, 0.2) is 0 Å². The minimum Gasteiger partial charge on any atom is -0.382 e. The third kappa shape index (κ3) is 4.00. The topological polar surface area (TPSA) is 49.2 Å². The van der Waals surface area contributed by atoms with Crippen LogP contribution in [-0.2, 0) is 16.0 Å². The Balaban J connectivity index is 2.06. The zero-order chi connectivity index (χ0) is 9.52. The van der Waals surface area contributed by atoms with Gasteiger partial charge >= 0.3 is 0 Å². The SMILES string of the molecule is COCCOCCn1cc(C)nn1. The van der Waals surface area contributed by atoms with Crippen molar-refractivity contribution in [3.05, 3.63) is 11.9 Å². The summed E-state index contributed by atoms with van der Waals surface area (Å²) in [6.07, 6.45) is 1.89. The molecule has 0 aliphatic heterocycles. The molecule has 1 rings (SSSR count). The number of hydrogen-bond donors (Lipinski definition) is 0. The fraction of sp³-hybridized carbons (Fsp3) is 0.750. The molecule has 1 aromatic heterocycles. The Morgan fingerprint density at radius 3 is 2.85 bits per heavy atom. The Morgan fingerprint density at radius 1 is 1.38 bits per heavy atom. The molecule has 5 heteroatoms. The highest BCUT2D eigenvalue weighted by molar-refractivity contribution is 4.86. The van der Waals surface area contributed by atoms with Crippen LogP contribution in [-0.4, -0.2) is 41.9 Å². The van der Waals surface area contributed by atoms with Crippen molar-refractivity contribution in [1.29, 1.82) is 0 Å². The fourth-order valence-electron chi connectivity index (χ4n) is 0.907. The van der Waals surface area contributed by atoms with Gasteiger partial charge < -0.3 is 9.47 Å². The van der Waals surface area contributed by atoms with Gasteiger partial charge in [0, 0.05) is 13.3 Å². The van der Waals surface area contributed by atoms with Crippen LogP contribution in [0.1, 0.15) is 5.69 Å². The molecule has 13 heavy (non-hydrogen) atoms. The van der Waals surface area contributed by atoms with E-state index in [0.717, 1.165) is 12.2 Å². The van der Waals surface area contributed by atoms with Crippen LogP contribution in [0.3, 0.4) is 0 Å². The first-order chi connectivity index (χ1) is 6.33. The summed E-state index contributed by atoms with van der Waals surface area (Å²) in [4.78, 5) is 0. The second-order valence-corrected chi connectivity index (χ2v) is 2.73. The summed E-state index contributed by atoms with van der Waals surface area (Å²) < 4.78 is 11.9. The van der Waals surface area contributed by atoms with Crippen molar-refractivity contribution < 1.29 is 9.47 Å². The Morgan fingerprint density at radius 2 is 2.23 bits per heavy atom. The van der Waals surface area contributed by atoms with Crippen LogP contribution < -0.4 is 0 Å². The van der Waals surface area contributed by atoms with Crippen LogP contribution >= 0.6 is 0 Å². The highest BCUT2D eigenvalue weighted by Gasteiger charge is 1.94. The second-order valence-electron chi connectivity index (χ2n) is 2.73. The molecule has 0 saturated carbocycles. The first kappa shape index (κ1) is 10.1. The van der Waals surface area contributed by atoms with E-state index in [1.165, 1.54) is 0 Å². The molecule has 0 saturated heterocycles. The van der Waals surface area contributed by atoms with Crippen molar-refractivity contribution >= 4 is 0 Å². The van der Waals surface area contributed by atoms with E-state index in [1.54, 1.807) is 11.8 Å². The summed E-state index contributed by atoms with van der Waals surface area (Å²) in [5, 5.41) is 7.75. The lowest BCUT2D eigenvalue weighted by Crippen LogP contribution is -2.09. The molecular formula is C8H15N3O2. The van der Waals surface area contributed by atoms with Crippen LogP contribution in [0.25, 0.3) is 0 Å². The molecule has 0 aromatic carbocycles. The molecule has 0 aliphatic rings. The normalized spacial score (nSPS) is 10.6. The van der Waals surface area contributed by atoms with E-state index < -0.39 is 0 Å². The van der Waals surface area contributed by atoms with Gasteiger partial charge in [-0.05, 0) is 6.92 Å². The van der Waals surface area contributed by atoms with E-state index in [4.69, 9.17) is 9.47 Å². The van der Waals surface area contributed by atoms with Gasteiger partial charge in [0.25, 0.3) is 0 Å². The minimum atomic E-state index is 0.629. The lowest BCUT2D eigenvalue weighted by atomic mass is 10.5. The maximum Gasteiger partial charge on any atom is 0.0796 e. The number of ether oxygens (including phenoxy) is 2. The van der Waals surface area contributed by atoms with Gasteiger partial charge in [-0.25, -0.2) is 4.68 Å². The lowest BCUT2D eigenvalue weighted by molar-refractivity contribution is 0.0652. The van der Waals surface area contributed by atoms with Crippen LogP contribution in [0, 0.1) is 6.92 Å². The van der Waals surface area contributed by atoms with Crippen LogP contribution in [0.5, 0.6) is 0 Å². The van der Waals surface area contributed by atoms with Crippen LogP contribution in [0.4, 0.5) is 0 Å². The first-order valence-corrected chi connectivity index (χ1v) is 4.26. The largest absolute Gasteiger partial charge is 0.382 e. The standard InChI is InChI=1S/C8H15N3O2/c1-8-7-11(10-9-8)3-4-13-6-5-12-2/h7H,3-6H2,1-2H3. The molecule has 0 N–H and O–H groups in total. The summed E-state index contributed by atoms with van der Waals surface area (Å²) in [6.45, 7) is 4.56. The third-order valence-corrected chi connectivity index (χ3v) is 1.55. The molecule has 0 bridgehead atoms. The highest BCUT2D eigenvalue weighted by Crippen LogP contribution is 1.89. The van der Waals surface area contributed by atoms with Gasteiger partial charge in [0.1, 0.15) is 0 Å². The average molecular weight is 185 g/mol. The zero-order valence-corrected chi connectivity index (χ0v) is 8.06. The maximum absolute atomic E-state index is 5.27. The molecule has 0 spiro atoms. The second kappa shape index (κ2) is 5.66. The molecule has 0 amide bonds. The number of methoxy groups -OCH3 is 1. The fourth-order valence-corrected chi connectivity index (χ4v) is 0.907. The van der Waals surface area contributed by atoms with Crippen molar-refractivity contribution in [3.8, 4) is 0 Å². The minimum absolute atomic E-state index is 0.629. The molecule has 74 valence electrons. The molecule has 0 atom stereocenters. The monoisotopic (exact) mass is 185 g/mol. The van der Waals surface area contributed by atoms with E-state index in [0.29, 0.717) is 19.8 Å². The quantitative estimate of drug-likeness (QED) is 0.596.